The molecule has 0 unspecified atom stereocenters. The summed E-state index contributed by atoms with van der Waals surface area (Å²) in [5, 5.41) is 0. The largest absolute Gasteiger partial charge is 0.462 e. The van der Waals surface area contributed by atoms with Crippen LogP contribution >= 0.6 is 0 Å². The third kappa shape index (κ3) is 8.99. The molecule has 0 N–H and O–H groups in total. The summed E-state index contributed by atoms with van der Waals surface area (Å²) in [6, 6.07) is 10.7. The summed E-state index contributed by atoms with van der Waals surface area (Å²) in [5.74, 6) is -0.167. The molecule has 3 aliphatic heterocycles. The first-order chi connectivity index (χ1) is 30.4. The van der Waals surface area contributed by atoms with Gasteiger partial charge in [-0.2, -0.15) is 0 Å². The molecule has 17 atom stereocenters. The highest BCUT2D eigenvalue weighted by atomic mass is 16.7. The molecule has 1 saturated carbocycles. The molecule has 0 radical (unpaired) electrons. The average molecular weight is 876 g/mol. The van der Waals surface area contributed by atoms with Crippen molar-refractivity contribution in [3.63, 3.8) is 0 Å². The Labute approximate surface area is 374 Å². The van der Waals surface area contributed by atoms with Gasteiger partial charge in [0.2, 0.25) is 0 Å². The molecule has 1 aromatic carbocycles. The number of cyclic esters (lactones) is 1. The van der Waals surface area contributed by atoms with Crippen molar-refractivity contribution in [3.05, 3.63) is 53.4 Å². The number of Topliss-reactive ketones (excluding diaryl/α,β-unsaturated/α-hetero) is 1. The Morgan fingerprint density at radius 3 is 2.25 bits per heavy atom. The number of methoxy groups -OCH3 is 3. The number of hydrogen-bond donors (Lipinski definition) is 0. The average Bonchev–Trinajstić information content (AvgIpc) is 3.98. The molecule has 4 fully saturated rings. The van der Waals surface area contributed by atoms with Gasteiger partial charge in [0.25, 0.3) is 0 Å². The molecule has 3 aliphatic carbocycles. The second-order valence-corrected chi connectivity index (χ2v) is 19.3. The number of allylic oxidation sites excluding steroid dienone is 2. The summed E-state index contributed by atoms with van der Waals surface area (Å²) < 4.78 is 53.2. The maximum Gasteiger partial charge on any atom is 0.306 e. The SMILES string of the molecule is CC[C@H]1CCC[C@H](O[C@H]2CC[C@H](N(C)C)[C@@H](C)O2)[C@@H](C)C(=O)C2=C[C@H]3[C@@H]4C[C@H](O[C@@H]5O[C@@H](C)[C@H](OC)[C@@H](OC)[C@H]5OC)C[C@H]4c4c(nc(-c5ccccc5)n4CC)[C@H]3[C@@H]2CC(=O)O1. The number of ketones is 1. The van der Waals surface area contributed by atoms with Crippen LogP contribution in [0.4, 0.5) is 0 Å². The van der Waals surface area contributed by atoms with Crippen LogP contribution in [0.25, 0.3) is 11.4 Å². The second-order valence-electron chi connectivity index (χ2n) is 19.3. The van der Waals surface area contributed by atoms with Gasteiger partial charge in [0.05, 0.1) is 36.5 Å². The van der Waals surface area contributed by atoms with Crippen molar-refractivity contribution in [1.82, 2.24) is 14.5 Å². The first-order valence-corrected chi connectivity index (χ1v) is 23.9. The molecule has 1 aromatic heterocycles. The van der Waals surface area contributed by atoms with Crippen LogP contribution in [0.5, 0.6) is 0 Å². The molecule has 0 bridgehead atoms. The minimum Gasteiger partial charge on any atom is -0.462 e. The molecular formula is C50H73N3O10. The van der Waals surface area contributed by atoms with Gasteiger partial charge in [0, 0.05) is 68.8 Å². The Balaban J connectivity index is 1.17. The minimum atomic E-state index is -0.666. The van der Waals surface area contributed by atoms with Crippen molar-refractivity contribution < 1.29 is 47.5 Å². The van der Waals surface area contributed by atoms with Crippen molar-refractivity contribution in [2.75, 3.05) is 35.4 Å². The molecule has 6 aliphatic rings. The maximum absolute atomic E-state index is 15.3. The predicted molar refractivity (Wildman–Crippen MR) is 237 cm³/mol. The van der Waals surface area contributed by atoms with Crippen LogP contribution < -0.4 is 0 Å². The van der Waals surface area contributed by atoms with Crippen LogP contribution in [-0.2, 0) is 54.0 Å². The van der Waals surface area contributed by atoms with Crippen molar-refractivity contribution in [2.24, 2.45) is 23.7 Å². The normalized spacial score (nSPS) is 39.7. The molecule has 0 spiro atoms. The fourth-order valence-corrected chi connectivity index (χ4v) is 12.5. The fourth-order valence-electron chi connectivity index (χ4n) is 12.5. The van der Waals surface area contributed by atoms with E-state index in [1.165, 1.54) is 5.69 Å². The molecule has 4 heterocycles. The molecule has 63 heavy (non-hydrogen) atoms. The number of hydrogen-bond acceptors (Lipinski definition) is 12. The maximum atomic E-state index is 15.3. The Hall–Kier alpha value is -3.01. The minimum absolute atomic E-state index is 0.00661. The highest BCUT2D eigenvalue weighted by molar-refractivity contribution is 5.99. The van der Waals surface area contributed by atoms with Gasteiger partial charge in [-0.3, -0.25) is 9.59 Å². The lowest BCUT2D eigenvalue weighted by Gasteiger charge is -2.44. The zero-order valence-electron chi connectivity index (χ0n) is 39.3. The zero-order valence-corrected chi connectivity index (χ0v) is 39.3. The van der Waals surface area contributed by atoms with Gasteiger partial charge in [0.15, 0.2) is 18.4 Å². The van der Waals surface area contributed by atoms with Gasteiger partial charge >= 0.3 is 5.97 Å². The summed E-state index contributed by atoms with van der Waals surface area (Å²) in [7, 11) is 9.18. The number of esters is 1. The summed E-state index contributed by atoms with van der Waals surface area (Å²) in [6.45, 7) is 11.1. The van der Waals surface area contributed by atoms with Gasteiger partial charge in [-0.1, -0.05) is 50.3 Å². The third-order valence-electron chi connectivity index (χ3n) is 15.6. The molecule has 348 valence electrons. The molecule has 13 heteroatoms. The summed E-state index contributed by atoms with van der Waals surface area (Å²) >= 11 is 0. The molecule has 13 nitrogen and oxygen atoms in total. The number of imidazole rings is 1. The fraction of sp³-hybridized carbons (Fsp3) is 0.740. The molecular weight excluding hydrogens is 803 g/mol. The Kier molecular flexibility index (Phi) is 14.7. The first kappa shape index (κ1) is 46.5. The number of ether oxygens (including phenoxy) is 8. The van der Waals surface area contributed by atoms with E-state index in [-0.39, 0.29) is 90.9 Å². The van der Waals surface area contributed by atoms with E-state index in [9.17, 15) is 4.79 Å². The lowest BCUT2D eigenvalue weighted by atomic mass is 9.66. The quantitative estimate of drug-likeness (QED) is 0.208. The van der Waals surface area contributed by atoms with E-state index in [4.69, 9.17) is 42.9 Å². The van der Waals surface area contributed by atoms with Gasteiger partial charge in [0.1, 0.15) is 30.2 Å². The standard InChI is InChI=1S/C50H73N3O10/c1-11-31-19-16-20-39(63-41-22-21-38(52(6)7)28(4)59-41)27(3)45(55)37-25-34-33-23-32(62-50-48(58-10)47(57-9)46(56-8)29(5)60-50)24-36(33)44-43(42(34)35(37)26-40(54)61-31)51-49(53(44)12-2)30-17-14-13-15-18-30/h13-15,17-18,25,27-29,31-36,38-39,41-42,46-48,50H,11-12,16,19-24,26H2,1-10H3/t27-,28-,29+,31+,32+,33+,34+,35-,36-,38+,39+,41+,42-,46+,47-,48-,50+/m1/s1. The highest BCUT2D eigenvalue weighted by Gasteiger charge is 2.57. The number of likely N-dealkylation sites (N-methyl/N-ethyl adjacent to an activating group) is 1. The van der Waals surface area contributed by atoms with Crippen LogP contribution in [0.1, 0.15) is 116 Å². The van der Waals surface area contributed by atoms with E-state index in [1.807, 2.05) is 32.0 Å². The summed E-state index contributed by atoms with van der Waals surface area (Å²) in [6.07, 6.45) is 5.22. The third-order valence-corrected chi connectivity index (χ3v) is 15.6. The van der Waals surface area contributed by atoms with E-state index in [2.05, 4.69) is 62.5 Å². The van der Waals surface area contributed by atoms with Gasteiger partial charge in [-0.05, 0) is 104 Å². The van der Waals surface area contributed by atoms with Crippen LogP contribution in [0.3, 0.4) is 0 Å². The van der Waals surface area contributed by atoms with Crippen molar-refractivity contribution >= 4 is 11.8 Å². The molecule has 2 aromatic rings. The monoisotopic (exact) mass is 876 g/mol. The molecule has 0 amide bonds. The van der Waals surface area contributed by atoms with Crippen molar-refractivity contribution in [3.8, 4) is 11.4 Å². The number of aromatic nitrogens is 2. The van der Waals surface area contributed by atoms with Gasteiger partial charge in [-0.25, -0.2) is 4.98 Å². The number of nitrogens with zero attached hydrogens (tertiary/aromatic N) is 3. The van der Waals surface area contributed by atoms with Crippen molar-refractivity contribution in [2.45, 2.75) is 178 Å². The summed E-state index contributed by atoms with van der Waals surface area (Å²) in [5.41, 5.74) is 3.92. The second kappa shape index (κ2) is 19.8. The zero-order chi connectivity index (χ0) is 44.7. The Morgan fingerprint density at radius 1 is 0.841 bits per heavy atom. The lowest BCUT2D eigenvalue weighted by molar-refractivity contribution is -0.314. The van der Waals surface area contributed by atoms with Crippen LogP contribution in [-0.4, -0.2) is 129 Å². The first-order valence-electron chi connectivity index (χ1n) is 23.9. The van der Waals surface area contributed by atoms with E-state index in [1.54, 1.807) is 21.3 Å². The van der Waals surface area contributed by atoms with E-state index in [0.717, 1.165) is 62.2 Å². The topological polar surface area (TPSA) is 129 Å². The molecule has 3 saturated heterocycles. The number of rotatable bonds is 11. The van der Waals surface area contributed by atoms with Crippen molar-refractivity contribution in [1.29, 1.82) is 0 Å². The smallest absolute Gasteiger partial charge is 0.306 e. The lowest BCUT2D eigenvalue weighted by Crippen LogP contribution is -2.59. The predicted octanol–water partition coefficient (Wildman–Crippen LogP) is 7.45. The van der Waals surface area contributed by atoms with E-state index >= 15 is 4.79 Å². The summed E-state index contributed by atoms with van der Waals surface area (Å²) in [4.78, 5) is 37.2. The van der Waals surface area contributed by atoms with E-state index in [0.29, 0.717) is 24.5 Å². The Bertz CT molecular complexity index is 1920. The number of carbonyl (C=O) groups is 2. The Morgan fingerprint density at radius 2 is 1.59 bits per heavy atom. The highest BCUT2D eigenvalue weighted by Crippen LogP contribution is 2.62. The molecule has 8 rings (SSSR count). The van der Waals surface area contributed by atoms with Crippen LogP contribution in [0.2, 0.25) is 0 Å². The number of benzene rings is 1. The van der Waals surface area contributed by atoms with E-state index < -0.39 is 24.2 Å². The van der Waals surface area contributed by atoms with Gasteiger partial charge in [-0.15, -0.1) is 0 Å². The van der Waals surface area contributed by atoms with Gasteiger partial charge < -0.3 is 47.4 Å². The number of carbonyl (C=O) groups excluding carboxylic acids is 2. The van der Waals surface area contributed by atoms with Crippen LogP contribution in [0.15, 0.2) is 42.0 Å². The number of fused-ring (bicyclic) bond motifs is 8. The van der Waals surface area contributed by atoms with Crippen LogP contribution in [0, 0.1) is 23.7 Å².